The molecule has 16 heavy (non-hydrogen) atoms. The summed E-state index contributed by atoms with van der Waals surface area (Å²) < 4.78 is 5.49. The van der Waals surface area contributed by atoms with E-state index in [0.717, 1.165) is 12.8 Å². The van der Waals surface area contributed by atoms with E-state index in [1.807, 2.05) is 0 Å². The second kappa shape index (κ2) is 4.50. The number of nitrogen functional groups attached to an aromatic ring is 2. The molecule has 2 atom stereocenters. The van der Waals surface area contributed by atoms with Gasteiger partial charge in [0.2, 0.25) is 0 Å². The van der Waals surface area contributed by atoms with Crippen molar-refractivity contribution >= 4 is 17.3 Å². The topological polar surface area (TPSA) is 119 Å². The van der Waals surface area contributed by atoms with E-state index in [2.05, 4.69) is 15.3 Å². The van der Waals surface area contributed by atoms with Gasteiger partial charge in [-0.25, -0.2) is 9.97 Å². The fraction of sp³-hybridized carbons (Fsp3) is 0.556. The van der Waals surface area contributed by atoms with Gasteiger partial charge in [-0.3, -0.25) is 0 Å². The van der Waals surface area contributed by atoms with E-state index in [0.29, 0.717) is 11.5 Å². The maximum absolute atomic E-state index is 8.93. The lowest BCUT2D eigenvalue weighted by molar-refractivity contribution is 0.0234. The van der Waals surface area contributed by atoms with E-state index in [-0.39, 0.29) is 24.8 Å². The summed E-state index contributed by atoms with van der Waals surface area (Å²) in [6, 6.07) is 0. The number of ether oxygens (including phenoxy) is 1. The van der Waals surface area contributed by atoms with Gasteiger partial charge < -0.3 is 26.6 Å². The van der Waals surface area contributed by atoms with E-state index in [1.165, 1.54) is 6.33 Å². The third-order valence-electron chi connectivity index (χ3n) is 2.52. The lowest BCUT2D eigenvalue weighted by Crippen LogP contribution is -2.23. The first-order valence-electron chi connectivity index (χ1n) is 5.09. The average molecular weight is 225 g/mol. The summed E-state index contributed by atoms with van der Waals surface area (Å²) in [5.41, 5.74) is 11.6. The number of nitrogens with two attached hydrogens (primary N) is 2. The van der Waals surface area contributed by atoms with Crippen LogP contribution >= 0.6 is 0 Å². The Kier molecular flexibility index (Phi) is 3.07. The van der Waals surface area contributed by atoms with Gasteiger partial charge in [0.15, 0.2) is 11.6 Å². The molecular weight excluding hydrogens is 210 g/mol. The molecule has 1 fully saturated rings. The van der Waals surface area contributed by atoms with Crippen molar-refractivity contribution in [2.45, 2.75) is 25.2 Å². The van der Waals surface area contributed by atoms with E-state index in [9.17, 15) is 0 Å². The Balaban J connectivity index is 2.02. The Morgan fingerprint density at radius 3 is 2.94 bits per heavy atom. The van der Waals surface area contributed by atoms with Crippen LogP contribution in [0.25, 0.3) is 0 Å². The van der Waals surface area contributed by atoms with Crippen LogP contribution < -0.4 is 16.8 Å². The first-order chi connectivity index (χ1) is 7.70. The second-order valence-corrected chi connectivity index (χ2v) is 3.67. The predicted octanol–water partition coefficient (Wildman–Crippen LogP) is -0.450. The van der Waals surface area contributed by atoms with Crippen LogP contribution in [0.15, 0.2) is 6.33 Å². The van der Waals surface area contributed by atoms with Crippen LogP contribution in [0.1, 0.15) is 12.8 Å². The Morgan fingerprint density at radius 1 is 1.44 bits per heavy atom. The summed E-state index contributed by atoms with van der Waals surface area (Å²) in [7, 11) is 0. The standard InChI is InChI=1S/C9H15N5O2/c10-7-8(11)12-4-13-9(7)14-6-2-1-5(3-15)16-6/h4-6,15H,1-3,10H2,(H3,11,12,13,14)/t5-,6?/m0/s1. The van der Waals surface area contributed by atoms with Crippen LogP contribution in [-0.2, 0) is 4.74 Å². The zero-order valence-electron chi connectivity index (χ0n) is 8.76. The largest absolute Gasteiger partial charge is 0.394 e. The third-order valence-corrected chi connectivity index (χ3v) is 2.52. The van der Waals surface area contributed by atoms with Gasteiger partial charge in [-0.05, 0) is 12.8 Å². The summed E-state index contributed by atoms with van der Waals surface area (Å²) in [6.45, 7) is 0.0274. The number of aliphatic hydroxyl groups excluding tert-OH is 1. The molecule has 0 aliphatic carbocycles. The summed E-state index contributed by atoms with van der Waals surface area (Å²) in [6.07, 6.45) is 2.65. The van der Waals surface area contributed by atoms with Crippen LogP contribution in [0, 0.1) is 0 Å². The van der Waals surface area contributed by atoms with Crippen LogP contribution in [0.4, 0.5) is 17.3 Å². The highest BCUT2D eigenvalue weighted by Gasteiger charge is 2.25. The molecule has 0 saturated carbocycles. The van der Waals surface area contributed by atoms with Gasteiger partial charge in [-0.1, -0.05) is 0 Å². The van der Waals surface area contributed by atoms with Gasteiger partial charge in [0.05, 0.1) is 12.7 Å². The molecular formula is C9H15N5O2. The van der Waals surface area contributed by atoms with Gasteiger partial charge in [0.25, 0.3) is 0 Å². The SMILES string of the molecule is Nc1ncnc(NC2CC[C@@H](CO)O2)c1N. The van der Waals surface area contributed by atoms with Crippen molar-refractivity contribution in [3.05, 3.63) is 6.33 Å². The molecule has 1 unspecified atom stereocenters. The fourth-order valence-electron chi connectivity index (χ4n) is 1.62. The molecule has 0 amide bonds. The molecule has 2 rings (SSSR count). The molecule has 6 N–H and O–H groups in total. The number of rotatable bonds is 3. The minimum Gasteiger partial charge on any atom is -0.394 e. The molecule has 7 nitrogen and oxygen atoms in total. The monoisotopic (exact) mass is 225 g/mol. The molecule has 1 aromatic heterocycles. The number of aliphatic hydroxyl groups is 1. The molecule has 0 radical (unpaired) electrons. The summed E-state index contributed by atoms with van der Waals surface area (Å²) >= 11 is 0. The first kappa shape index (κ1) is 10.9. The Labute approximate surface area is 92.8 Å². The first-order valence-corrected chi connectivity index (χ1v) is 5.09. The van der Waals surface area contributed by atoms with Gasteiger partial charge in [-0.15, -0.1) is 0 Å². The zero-order valence-corrected chi connectivity index (χ0v) is 8.76. The summed E-state index contributed by atoms with van der Waals surface area (Å²) in [5, 5.41) is 12.0. The molecule has 1 aliphatic rings. The van der Waals surface area contributed by atoms with Crippen LogP contribution in [0.5, 0.6) is 0 Å². The molecule has 2 heterocycles. The number of hydrogen-bond acceptors (Lipinski definition) is 7. The Morgan fingerprint density at radius 2 is 2.25 bits per heavy atom. The maximum atomic E-state index is 8.93. The number of aromatic nitrogens is 2. The zero-order chi connectivity index (χ0) is 11.5. The van der Waals surface area contributed by atoms with Crippen molar-refractivity contribution in [1.29, 1.82) is 0 Å². The van der Waals surface area contributed by atoms with E-state index >= 15 is 0 Å². The van der Waals surface area contributed by atoms with Gasteiger partial charge in [0.1, 0.15) is 18.2 Å². The highest BCUT2D eigenvalue weighted by Crippen LogP contribution is 2.25. The molecule has 1 aliphatic heterocycles. The molecule has 0 bridgehead atoms. The van der Waals surface area contributed by atoms with Gasteiger partial charge >= 0.3 is 0 Å². The van der Waals surface area contributed by atoms with E-state index < -0.39 is 0 Å². The molecule has 1 aromatic rings. The lowest BCUT2D eigenvalue weighted by Gasteiger charge is -2.15. The minimum atomic E-state index is -0.186. The Hall–Kier alpha value is -1.60. The van der Waals surface area contributed by atoms with Crippen LogP contribution in [0.3, 0.4) is 0 Å². The summed E-state index contributed by atoms with van der Waals surface area (Å²) in [5.74, 6) is 0.713. The maximum Gasteiger partial charge on any atom is 0.156 e. The average Bonchev–Trinajstić information content (AvgIpc) is 2.73. The highest BCUT2D eigenvalue weighted by molar-refractivity contribution is 5.72. The third kappa shape index (κ3) is 2.15. The molecule has 7 heteroatoms. The summed E-state index contributed by atoms with van der Waals surface area (Å²) in [4.78, 5) is 7.75. The van der Waals surface area contributed by atoms with E-state index in [4.69, 9.17) is 21.3 Å². The molecule has 0 spiro atoms. The van der Waals surface area contributed by atoms with Crippen molar-refractivity contribution in [2.24, 2.45) is 0 Å². The van der Waals surface area contributed by atoms with Gasteiger partial charge in [0, 0.05) is 0 Å². The quantitative estimate of drug-likeness (QED) is 0.550. The fourth-order valence-corrected chi connectivity index (χ4v) is 1.62. The normalized spacial score (nSPS) is 24.6. The second-order valence-electron chi connectivity index (χ2n) is 3.67. The molecule has 88 valence electrons. The van der Waals surface area contributed by atoms with Crippen molar-refractivity contribution in [3.63, 3.8) is 0 Å². The van der Waals surface area contributed by atoms with E-state index in [1.54, 1.807) is 0 Å². The van der Waals surface area contributed by atoms with Crippen molar-refractivity contribution in [1.82, 2.24) is 9.97 Å². The van der Waals surface area contributed by atoms with Crippen LogP contribution in [0.2, 0.25) is 0 Å². The number of nitrogens with one attached hydrogen (secondary N) is 1. The van der Waals surface area contributed by atoms with Gasteiger partial charge in [-0.2, -0.15) is 0 Å². The predicted molar refractivity (Wildman–Crippen MR) is 59.5 cm³/mol. The number of hydrogen-bond donors (Lipinski definition) is 4. The van der Waals surface area contributed by atoms with Crippen molar-refractivity contribution in [2.75, 3.05) is 23.4 Å². The highest BCUT2D eigenvalue weighted by atomic mass is 16.5. The minimum absolute atomic E-state index is 0.0274. The smallest absolute Gasteiger partial charge is 0.156 e. The molecule has 0 aromatic carbocycles. The number of nitrogens with zero attached hydrogens (tertiary/aromatic N) is 2. The Bertz CT molecular complexity index is 373. The number of anilines is 3. The van der Waals surface area contributed by atoms with Crippen molar-refractivity contribution in [3.8, 4) is 0 Å². The van der Waals surface area contributed by atoms with Crippen LogP contribution in [-0.4, -0.2) is 34.0 Å². The molecule has 1 saturated heterocycles. The lowest BCUT2D eigenvalue weighted by atomic mass is 10.2. The van der Waals surface area contributed by atoms with Crippen molar-refractivity contribution < 1.29 is 9.84 Å².